The van der Waals surface area contributed by atoms with Crippen LogP contribution in [0.5, 0.6) is 0 Å². The number of halogens is 1. The van der Waals surface area contributed by atoms with Gasteiger partial charge >= 0.3 is 5.97 Å². The molecule has 1 N–H and O–H groups in total. The Morgan fingerprint density at radius 1 is 1.47 bits per heavy atom. The molecule has 0 aliphatic carbocycles. The van der Waals surface area contributed by atoms with Gasteiger partial charge in [0, 0.05) is 11.5 Å². The van der Waals surface area contributed by atoms with Crippen molar-refractivity contribution in [1.29, 1.82) is 0 Å². The van der Waals surface area contributed by atoms with Gasteiger partial charge in [0.25, 0.3) is 0 Å². The molecule has 1 aromatic heterocycles. The lowest BCUT2D eigenvalue weighted by Crippen LogP contribution is -1.84. The van der Waals surface area contributed by atoms with Gasteiger partial charge in [-0.2, -0.15) is 0 Å². The SMILES string of the molecule is O=C(O)C=Cc1cc2cccc(Br)c2o1. The average molecular weight is 267 g/mol. The van der Waals surface area contributed by atoms with E-state index in [1.165, 1.54) is 6.08 Å². The second kappa shape index (κ2) is 3.90. The summed E-state index contributed by atoms with van der Waals surface area (Å²) in [6.07, 6.45) is 2.47. The van der Waals surface area contributed by atoms with Gasteiger partial charge in [-0.3, -0.25) is 0 Å². The molecular weight excluding hydrogens is 260 g/mol. The largest absolute Gasteiger partial charge is 0.478 e. The van der Waals surface area contributed by atoms with Crippen LogP contribution in [0, 0.1) is 0 Å². The van der Waals surface area contributed by atoms with Gasteiger partial charge < -0.3 is 9.52 Å². The van der Waals surface area contributed by atoms with E-state index in [4.69, 9.17) is 9.52 Å². The van der Waals surface area contributed by atoms with Crippen molar-refractivity contribution in [2.75, 3.05) is 0 Å². The Balaban J connectivity index is 2.48. The lowest BCUT2D eigenvalue weighted by atomic mass is 10.2. The molecule has 0 saturated heterocycles. The van der Waals surface area contributed by atoms with E-state index >= 15 is 0 Å². The summed E-state index contributed by atoms with van der Waals surface area (Å²) in [5.74, 6) is -0.464. The number of aliphatic carboxylic acids is 1. The van der Waals surface area contributed by atoms with Crippen molar-refractivity contribution in [3.8, 4) is 0 Å². The van der Waals surface area contributed by atoms with Crippen molar-refractivity contribution in [2.24, 2.45) is 0 Å². The highest BCUT2D eigenvalue weighted by Crippen LogP contribution is 2.27. The zero-order chi connectivity index (χ0) is 10.8. The van der Waals surface area contributed by atoms with Gasteiger partial charge in [-0.15, -0.1) is 0 Å². The van der Waals surface area contributed by atoms with E-state index in [1.807, 2.05) is 18.2 Å². The van der Waals surface area contributed by atoms with Crippen LogP contribution in [0.15, 0.2) is 39.2 Å². The second-order valence-corrected chi connectivity index (χ2v) is 3.83. The summed E-state index contributed by atoms with van der Waals surface area (Å²) in [6, 6.07) is 7.46. The van der Waals surface area contributed by atoms with E-state index in [-0.39, 0.29) is 0 Å². The molecule has 0 amide bonds. The van der Waals surface area contributed by atoms with Crippen molar-refractivity contribution in [3.05, 3.63) is 40.6 Å². The topological polar surface area (TPSA) is 50.4 Å². The Morgan fingerprint density at radius 3 is 2.93 bits per heavy atom. The Kier molecular flexibility index (Phi) is 2.60. The molecule has 0 fully saturated rings. The maximum atomic E-state index is 10.3. The van der Waals surface area contributed by atoms with Crippen LogP contribution in [0.3, 0.4) is 0 Å². The quantitative estimate of drug-likeness (QED) is 0.849. The van der Waals surface area contributed by atoms with Gasteiger partial charge in [0.15, 0.2) is 0 Å². The predicted octanol–water partition coefficient (Wildman–Crippen LogP) is 3.29. The second-order valence-electron chi connectivity index (χ2n) is 2.98. The summed E-state index contributed by atoms with van der Waals surface area (Å²) in [5.41, 5.74) is 0.725. The van der Waals surface area contributed by atoms with E-state index in [2.05, 4.69) is 15.9 Å². The van der Waals surface area contributed by atoms with Crippen LogP contribution in [0.1, 0.15) is 5.76 Å². The highest BCUT2D eigenvalue weighted by molar-refractivity contribution is 9.10. The van der Waals surface area contributed by atoms with Crippen LogP contribution in [0.2, 0.25) is 0 Å². The third-order valence-corrected chi connectivity index (χ3v) is 2.53. The highest BCUT2D eigenvalue weighted by atomic mass is 79.9. The highest BCUT2D eigenvalue weighted by Gasteiger charge is 2.04. The van der Waals surface area contributed by atoms with E-state index < -0.39 is 5.97 Å². The van der Waals surface area contributed by atoms with Crippen molar-refractivity contribution < 1.29 is 14.3 Å². The zero-order valence-corrected chi connectivity index (χ0v) is 9.19. The van der Waals surface area contributed by atoms with Crippen molar-refractivity contribution in [2.45, 2.75) is 0 Å². The number of hydrogen-bond donors (Lipinski definition) is 1. The molecule has 3 nitrogen and oxygen atoms in total. The zero-order valence-electron chi connectivity index (χ0n) is 7.61. The van der Waals surface area contributed by atoms with E-state index in [9.17, 15) is 4.79 Å². The fraction of sp³-hybridized carbons (Fsp3) is 0. The molecular formula is C11H7BrO3. The fourth-order valence-electron chi connectivity index (χ4n) is 1.28. The summed E-state index contributed by atoms with van der Waals surface area (Å²) >= 11 is 3.36. The lowest BCUT2D eigenvalue weighted by Gasteiger charge is -1.89. The number of para-hydroxylation sites is 1. The average Bonchev–Trinajstić information content (AvgIpc) is 2.59. The summed E-state index contributed by atoms with van der Waals surface area (Å²) in [4.78, 5) is 10.3. The molecule has 0 aliphatic rings. The number of carboxylic acid groups (broad SMARTS) is 1. The molecule has 0 aliphatic heterocycles. The number of benzene rings is 1. The normalized spacial score (nSPS) is 11.3. The fourth-order valence-corrected chi connectivity index (χ4v) is 1.75. The van der Waals surface area contributed by atoms with Crippen LogP contribution in [0.25, 0.3) is 17.0 Å². The number of hydrogen-bond acceptors (Lipinski definition) is 2. The molecule has 2 rings (SSSR count). The van der Waals surface area contributed by atoms with Crippen LogP contribution in [-0.2, 0) is 4.79 Å². The van der Waals surface area contributed by atoms with Gasteiger partial charge in [-0.1, -0.05) is 12.1 Å². The first-order chi connectivity index (χ1) is 7.16. The minimum absolute atomic E-state index is 0.527. The molecule has 0 bridgehead atoms. The van der Waals surface area contributed by atoms with E-state index in [0.29, 0.717) is 5.76 Å². The first-order valence-corrected chi connectivity index (χ1v) is 5.05. The number of rotatable bonds is 2. The first kappa shape index (κ1) is 9.98. The molecule has 0 saturated carbocycles. The number of fused-ring (bicyclic) bond motifs is 1. The monoisotopic (exact) mass is 266 g/mol. The van der Waals surface area contributed by atoms with Gasteiger partial charge in [-0.05, 0) is 34.1 Å². The summed E-state index contributed by atoms with van der Waals surface area (Å²) in [5, 5.41) is 9.41. The Bertz CT molecular complexity index is 540. The minimum Gasteiger partial charge on any atom is -0.478 e. The molecule has 2 aromatic rings. The molecule has 0 atom stereocenters. The Hall–Kier alpha value is -1.55. The first-order valence-electron chi connectivity index (χ1n) is 4.26. The molecule has 4 heteroatoms. The molecule has 0 spiro atoms. The smallest absolute Gasteiger partial charge is 0.328 e. The van der Waals surface area contributed by atoms with Crippen LogP contribution >= 0.6 is 15.9 Å². The van der Waals surface area contributed by atoms with Gasteiger partial charge in [0.05, 0.1) is 4.47 Å². The maximum Gasteiger partial charge on any atom is 0.328 e. The maximum absolute atomic E-state index is 10.3. The Labute approximate surface area is 94.1 Å². The van der Waals surface area contributed by atoms with Gasteiger partial charge in [0.1, 0.15) is 11.3 Å². The predicted molar refractivity (Wildman–Crippen MR) is 60.6 cm³/mol. The number of carbonyl (C=O) groups is 1. The van der Waals surface area contributed by atoms with Crippen LogP contribution < -0.4 is 0 Å². The van der Waals surface area contributed by atoms with Gasteiger partial charge in [0.2, 0.25) is 0 Å². The third kappa shape index (κ3) is 2.10. The number of furan rings is 1. The summed E-state index contributed by atoms with van der Waals surface area (Å²) in [7, 11) is 0. The molecule has 0 radical (unpaired) electrons. The molecule has 1 aromatic carbocycles. The lowest BCUT2D eigenvalue weighted by molar-refractivity contribution is -0.131. The summed E-state index contributed by atoms with van der Waals surface area (Å²) in [6.45, 7) is 0. The van der Waals surface area contributed by atoms with E-state index in [1.54, 1.807) is 6.07 Å². The molecule has 76 valence electrons. The van der Waals surface area contributed by atoms with Crippen molar-refractivity contribution >= 4 is 38.9 Å². The van der Waals surface area contributed by atoms with Crippen LogP contribution in [-0.4, -0.2) is 11.1 Å². The minimum atomic E-state index is -0.991. The molecule has 1 heterocycles. The van der Waals surface area contributed by atoms with Crippen molar-refractivity contribution in [1.82, 2.24) is 0 Å². The van der Waals surface area contributed by atoms with Crippen LogP contribution in [0.4, 0.5) is 0 Å². The third-order valence-electron chi connectivity index (χ3n) is 1.91. The number of carboxylic acids is 1. The standard InChI is InChI=1S/C11H7BrO3/c12-9-3-1-2-7-6-8(15-11(7)9)4-5-10(13)14/h1-6H,(H,13,14). The molecule has 15 heavy (non-hydrogen) atoms. The van der Waals surface area contributed by atoms with Crippen molar-refractivity contribution in [3.63, 3.8) is 0 Å². The summed E-state index contributed by atoms with van der Waals surface area (Å²) < 4.78 is 6.31. The molecule has 0 unspecified atom stereocenters. The van der Waals surface area contributed by atoms with E-state index in [0.717, 1.165) is 21.5 Å². The van der Waals surface area contributed by atoms with Gasteiger partial charge in [-0.25, -0.2) is 4.79 Å². The Morgan fingerprint density at radius 2 is 2.27 bits per heavy atom.